The minimum Gasteiger partial charge on any atom is -0.496 e. The van der Waals surface area contributed by atoms with Crippen LogP contribution in [0.15, 0.2) is 66.7 Å². The van der Waals surface area contributed by atoms with Crippen LogP contribution in [0, 0.1) is 0 Å². The molecule has 1 unspecified atom stereocenters. The summed E-state index contributed by atoms with van der Waals surface area (Å²) in [6.07, 6.45) is 1.08. The van der Waals surface area contributed by atoms with E-state index in [2.05, 4.69) is 34.5 Å². The van der Waals surface area contributed by atoms with Crippen LogP contribution in [0.2, 0.25) is 0 Å². The molecule has 6 heteroatoms. The maximum absolute atomic E-state index is 6.19. The number of methoxy groups -OCH3 is 3. The third kappa shape index (κ3) is 5.46. The lowest BCUT2D eigenvalue weighted by molar-refractivity contribution is 0.233. The van der Waals surface area contributed by atoms with E-state index in [1.807, 2.05) is 42.5 Å². The van der Waals surface area contributed by atoms with Gasteiger partial charge in [-0.25, -0.2) is 0 Å². The van der Waals surface area contributed by atoms with Crippen LogP contribution in [0.3, 0.4) is 0 Å². The summed E-state index contributed by atoms with van der Waals surface area (Å²) in [7, 11) is 5.06. The van der Waals surface area contributed by atoms with E-state index in [0.29, 0.717) is 23.9 Å². The highest BCUT2D eigenvalue weighted by molar-refractivity contribution is 5.56. The number of ether oxygens (including phenoxy) is 4. The first kappa shape index (κ1) is 23.9. The molecule has 0 amide bonds. The molecule has 0 aliphatic carbocycles. The lowest BCUT2D eigenvalue weighted by Gasteiger charge is -2.33. The van der Waals surface area contributed by atoms with Crippen LogP contribution in [0.25, 0.3) is 0 Å². The van der Waals surface area contributed by atoms with Crippen LogP contribution in [-0.4, -0.2) is 52.4 Å². The molecule has 1 N–H and O–H groups in total. The zero-order chi connectivity index (χ0) is 23.8. The second kappa shape index (κ2) is 11.8. The monoisotopic (exact) mass is 462 g/mol. The van der Waals surface area contributed by atoms with Gasteiger partial charge in [0.2, 0.25) is 5.75 Å². The summed E-state index contributed by atoms with van der Waals surface area (Å²) in [6, 6.07) is 22.4. The van der Waals surface area contributed by atoms with Crippen LogP contribution in [-0.2, 0) is 6.61 Å². The largest absolute Gasteiger partial charge is 0.496 e. The first-order chi connectivity index (χ1) is 16.7. The van der Waals surface area contributed by atoms with Crippen molar-refractivity contribution in [3.8, 4) is 23.0 Å². The molecule has 0 radical (unpaired) electrons. The van der Waals surface area contributed by atoms with E-state index in [-0.39, 0.29) is 6.04 Å². The van der Waals surface area contributed by atoms with Gasteiger partial charge in [0.15, 0.2) is 11.5 Å². The van der Waals surface area contributed by atoms with Crippen molar-refractivity contribution in [2.75, 3.05) is 47.5 Å². The number of nitrogens with zero attached hydrogens (tertiary/aromatic N) is 1. The van der Waals surface area contributed by atoms with Crippen LogP contribution in [0.1, 0.15) is 29.2 Å². The summed E-state index contributed by atoms with van der Waals surface area (Å²) in [6.45, 7) is 4.30. The average Bonchev–Trinajstić information content (AvgIpc) is 3.17. The molecule has 3 aromatic rings. The number of hydrogen-bond acceptors (Lipinski definition) is 6. The van der Waals surface area contributed by atoms with Gasteiger partial charge in [-0.1, -0.05) is 48.5 Å². The average molecular weight is 463 g/mol. The minimum atomic E-state index is -0.0120. The zero-order valence-corrected chi connectivity index (χ0v) is 20.3. The normalized spacial score (nSPS) is 15.3. The van der Waals surface area contributed by atoms with Crippen LogP contribution in [0.4, 0.5) is 0 Å². The topological polar surface area (TPSA) is 52.2 Å². The molecular weight excluding hydrogens is 428 g/mol. The van der Waals surface area contributed by atoms with Gasteiger partial charge in [0.25, 0.3) is 0 Å². The van der Waals surface area contributed by atoms with E-state index < -0.39 is 0 Å². The molecule has 1 aliphatic heterocycles. The highest BCUT2D eigenvalue weighted by Gasteiger charge is 2.28. The fourth-order valence-corrected chi connectivity index (χ4v) is 4.53. The second-order valence-corrected chi connectivity index (χ2v) is 8.31. The van der Waals surface area contributed by atoms with Crippen molar-refractivity contribution in [2.45, 2.75) is 19.1 Å². The van der Waals surface area contributed by atoms with Gasteiger partial charge >= 0.3 is 0 Å². The standard InChI is InChI=1S/C28H34N2O4/c1-31-24-13-8-7-12-23(24)27(30-16-9-14-29-15-17-30)22-18-25(32-2)28(26(19-22)33-3)34-20-21-10-5-4-6-11-21/h4-8,10-13,18-19,27,29H,9,14-17,20H2,1-3H3. The Hall–Kier alpha value is -3.22. The summed E-state index contributed by atoms with van der Waals surface area (Å²) in [5.41, 5.74) is 3.28. The number of nitrogens with one attached hydrogen (secondary N) is 1. The van der Waals surface area contributed by atoms with Crippen molar-refractivity contribution >= 4 is 0 Å². The summed E-state index contributed by atoms with van der Waals surface area (Å²) >= 11 is 0. The fraction of sp³-hybridized carbons (Fsp3) is 0.357. The molecule has 0 spiro atoms. The molecule has 1 heterocycles. The van der Waals surface area contributed by atoms with Gasteiger partial charge in [-0.3, -0.25) is 4.90 Å². The van der Waals surface area contributed by atoms with Crippen LogP contribution >= 0.6 is 0 Å². The number of para-hydroxylation sites is 1. The molecule has 0 aromatic heterocycles. The quantitative estimate of drug-likeness (QED) is 0.499. The highest BCUT2D eigenvalue weighted by atomic mass is 16.5. The summed E-state index contributed by atoms with van der Waals surface area (Å²) < 4.78 is 23.6. The molecule has 34 heavy (non-hydrogen) atoms. The van der Waals surface area contributed by atoms with E-state index in [1.54, 1.807) is 21.3 Å². The number of rotatable bonds is 9. The van der Waals surface area contributed by atoms with Gasteiger partial charge in [0.05, 0.1) is 27.4 Å². The Morgan fingerprint density at radius 3 is 2.18 bits per heavy atom. The molecule has 180 valence electrons. The van der Waals surface area contributed by atoms with Gasteiger partial charge in [0, 0.05) is 25.2 Å². The maximum Gasteiger partial charge on any atom is 0.203 e. The highest BCUT2D eigenvalue weighted by Crippen LogP contribution is 2.44. The molecule has 1 aliphatic rings. The summed E-state index contributed by atoms with van der Waals surface area (Å²) in [5.74, 6) is 2.78. The predicted octanol–water partition coefficient (Wildman–Crippen LogP) is 4.68. The predicted molar refractivity (Wildman–Crippen MR) is 134 cm³/mol. The van der Waals surface area contributed by atoms with Gasteiger partial charge in [0.1, 0.15) is 12.4 Å². The SMILES string of the molecule is COc1ccccc1C(c1cc(OC)c(OCc2ccccc2)c(OC)c1)N1CCCNCC1. The first-order valence-corrected chi connectivity index (χ1v) is 11.8. The zero-order valence-electron chi connectivity index (χ0n) is 20.3. The van der Waals surface area contributed by atoms with Gasteiger partial charge < -0.3 is 24.3 Å². The Labute approximate surface area is 202 Å². The van der Waals surface area contributed by atoms with Gasteiger partial charge in [-0.15, -0.1) is 0 Å². The molecular formula is C28H34N2O4. The van der Waals surface area contributed by atoms with Gasteiger partial charge in [-0.05, 0) is 42.3 Å². The number of benzene rings is 3. The molecule has 1 saturated heterocycles. The molecule has 1 atom stereocenters. The van der Waals surface area contributed by atoms with Crippen molar-refractivity contribution < 1.29 is 18.9 Å². The first-order valence-electron chi connectivity index (χ1n) is 11.8. The maximum atomic E-state index is 6.19. The van der Waals surface area contributed by atoms with Crippen LogP contribution in [0.5, 0.6) is 23.0 Å². The minimum absolute atomic E-state index is 0.0120. The van der Waals surface area contributed by atoms with Crippen molar-refractivity contribution in [3.63, 3.8) is 0 Å². The lowest BCUT2D eigenvalue weighted by Crippen LogP contribution is -2.33. The number of hydrogen-bond donors (Lipinski definition) is 1. The Balaban J connectivity index is 1.76. The van der Waals surface area contributed by atoms with E-state index in [1.165, 1.54) is 0 Å². The lowest BCUT2D eigenvalue weighted by atomic mass is 9.95. The van der Waals surface area contributed by atoms with Crippen molar-refractivity contribution in [1.82, 2.24) is 10.2 Å². The van der Waals surface area contributed by atoms with Crippen LogP contribution < -0.4 is 24.3 Å². The Bertz CT molecular complexity index is 1020. The summed E-state index contributed by atoms with van der Waals surface area (Å²) in [5, 5.41) is 3.51. The molecule has 1 fully saturated rings. The van der Waals surface area contributed by atoms with Crippen molar-refractivity contribution in [1.29, 1.82) is 0 Å². The molecule has 4 rings (SSSR count). The van der Waals surface area contributed by atoms with Crippen molar-refractivity contribution in [2.24, 2.45) is 0 Å². The Kier molecular flexibility index (Phi) is 8.28. The van der Waals surface area contributed by atoms with Crippen molar-refractivity contribution in [3.05, 3.63) is 83.4 Å². The smallest absolute Gasteiger partial charge is 0.203 e. The molecule has 0 bridgehead atoms. The van der Waals surface area contributed by atoms with Gasteiger partial charge in [-0.2, -0.15) is 0 Å². The Morgan fingerprint density at radius 2 is 1.47 bits per heavy atom. The van der Waals surface area contributed by atoms with E-state index in [0.717, 1.165) is 55.0 Å². The van der Waals surface area contributed by atoms with E-state index >= 15 is 0 Å². The molecule has 6 nitrogen and oxygen atoms in total. The molecule has 3 aromatic carbocycles. The third-order valence-corrected chi connectivity index (χ3v) is 6.20. The fourth-order valence-electron chi connectivity index (χ4n) is 4.53. The van der Waals surface area contributed by atoms with E-state index in [4.69, 9.17) is 18.9 Å². The molecule has 0 saturated carbocycles. The summed E-state index contributed by atoms with van der Waals surface area (Å²) in [4.78, 5) is 2.50. The third-order valence-electron chi connectivity index (χ3n) is 6.20. The Morgan fingerprint density at radius 1 is 0.794 bits per heavy atom. The second-order valence-electron chi connectivity index (χ2n) is 8.31. The van der Waals surface area contributed by atoms with E-state index in [9.17, 15) is 0 Å².